The standard InChI is InChI=1S/C13H22N2O4/c1-9(15-13(17)11-5-3-7-19-11)8-14-12(16)10-4-2-6-18-10/h9-11H,2-8H2,1H3,(H,14,16)(H,15,17)/t9-,10+,11-/m1/s1. The number of carbonyl (C=O) groups is 2. The molecular weight excluding hydrogens is 248 g/mol. The molecule has 19 heavy (non-hydrogen) atoms. The molecular formula is C13H22N2O4. The highest BCUT2D eigenvalue weighted by atomic mass is 16.5. The summed E-state index contributed by atoms with van der Waals surface area (Å²) >= 11 is 0. The van der Waals surface area contributed by atoms with Crippen molar-refractivity contribution in [3.05, 3.63) is 0 Å². The largest absolute Gasteiger partial charge is 0.368 e. The first-order valence-electron chi connectivity index (χ1n) is 6.98. The molecule has 0 unspecified atom stereocenters. The maximum absolute atomic E-state index is 11.8. The van der Waals surface area contributed by atoms with Crippen LogP contribution in [-0.2, 0) is 19.1 Å². The minimum absolute atomic E-state index is 0.0867. The fourth-order valence-electron chi connectivity index (χ4n) is 2.32. The zero-order valence-electron chi connectivity index (χ0n) is 11.3. The zero-order valence-corrected chi connectivity index (χ0v) is 11.3. The van der Waals surface area contributed by atoms with Gasteiger partial charge >= 0.3 is 0 Å². The minimum atomic E-state index is -0.323. The van der Waals surface area contributed by atoms with Crippen LogP contribution in [0.2, 0.25) is 0 Å². The summed E-state index contributed by atoms with van der Waals surface area (Å²) < 4.78 is 10.6. The Labute approximate surface area is 113 Å². The molecule has 2 rings (SSSR count). The fourth-order valence-corrected chi connectivity index (χ4v) is 2.32. The van der Waals surface area contributed by atoms with Crippen molar-refractivity contribution in [1.29, 1.82) is 0 Å². The Balaban J connectivity index is 1.64. The molecule has 0 saturated carbocycles. The summed E-state index contributed by atoms with van der Waals surface area (Å²) in [4.78, 5) is 23.5. The van der Waals surface area contributed by atoms with Crippen molar-refractivity contribution < 1.29 is 19.1 Å². The summed E-state index contributed by atoms with van der Waals surface area (Å²) in [6.07, 6.45) is 2.78. The lowest BCUT2D eigenvalue weighted by Crippen LogP contribution is -2.47. The van der Waals surface area contributed by atoms with Gasteiger partial charge in [-0.05, 0) is 32.6 Å². The van der Waals surface area contributed by atoms with Gasteiger partial charge in [0.2, 0.25) is 11.8 Å². The Bertz CT molecular complexity index is 323. The molecule has 6 heteroatoms. The van der Waals surface area contributed by atoms with E-state index >= 15 is 0 Å². The molecule has 2 saturated heterocycles. The van der Waals surface area contributed by atoms with E-state index in [1.807, 2.05) is 6.92 Å². The Hall–Kier alpha value is -1.14. The predicted molar refractivity (Wildman–Crippen MR) is 68.6 cm³/mol. The summed E-state index contributed by atoms with van der Waals surface area (Å²) in [7, 11) is 0. The van der Waals surface area contributed by atoms with Crippen LogP contribution in [0.5, 0.6) is 0 Å². The third-order valence-electron chi connectivity index (χ3n) is 3.42. The van der Waals surface area contributed by atoms with E-state index in [2.05, 4.69) is 10.6 Å². The summed E-state index contributed by atoms with van der Waals surface area (Å²) in [6, 6.07) is -0.109. The molecule has 6 nitrogen and oxygen atoms in total. The van der Waals surface area contributed by atoms with Gasteiger partial charge in [0.25, 0.3) is 0 Å². The first-order chi connectivity index (χ1) is 9.16. The van der Waals surface area contributed by atoms with Crippen molar-refractivity contribution in [3.63, 3.8) is 0 Å². The molecule has 0 aromatic rings. The van der Waals surface area contributed by atoms with Crippen molar-refractivity contribution in [2.45, 2.75) is 50.9 Å². The van der Waals surface area contributed by atoms with Gasteiger partial charge in [-0.15, -0.1) is 0 Å². The van der Waals surface area contributed by atoms with Crippen LogP contribution in [0, 0.1) is 0 Å². The molecule has 0 radical (unpaired) electrons. The molecule has 0 bridgehead atoms. The number of rotatable bonds is 5. The number of hydrogen-bond donors (Lipinski definition) is 2. The van der Waals surface area contributed by atoms with Gasteiger partial charge < -0.3 is 20.1 Å². The van der Waals surface area contributed by atoms with E-state index in [1.165, 1.54) is 0 Å². The number of carbonyl (C=O) groups excluding carboxylic acids is 2. The van der Waals surface area contributed by atoms with Crippen LogP contribution in [0.15, 0.2) is 0 Å². The lowest BCUT2D eigenvalue weighted by molar-refractivity contribution is -0.132. The summed E-state index contributed by atoms with van der Waals surface area (Å²) in [5, 5.41) is 5.65. The van der Waals surface area contributed by atoms with Crippen LogP contribution in [0.25, 0.3) is 0 Å². The molecule has 2 N–H and O–H groups in total. The van der Waals surface area contributed by atoms with Gasteiger partial charge in [0, 0.05) is 25.8 Å². The van der Waals surface area contributed by atoms with Crippen molar-refractivity contribution in [2.75, 3.05) is 19.8 Å². The minimum Gasteiger partial charge on any atom is -0.368 e. The second kappa shape index (κ2) is 6.86. The van der Waals surface area contributed by atoms with E-state index in [1.54, 1.807) is 0 Å². The van der Waals surface area contributed by atoms with Gasteiger partial charge in [0.05, 0.1) is 0 Å². The van der Waals surface area contributed by atoms with Crippen molar-refractivity contribution in [1.82, 2.24) is 10.6 Å². The molecule has 2 fully saturated rings. The summed E-state index contributed by atoms with van der Waals surface area (Å²) in [5.41, 5.74) is 0. The summed E-state index contributed by atoms with van der Waals surface area (Å²) in [5.74, 6) is -0.174. The lowest BCUT2D eigenvalue weighted by Gasteiger charge is -2.18. The van der Waals surface area contributed by atoms with Gasteiger partial charge in [0.1, 0.15) is 12.2 Å². The van der Waals surface area contributed by atoms with Gasteiger partial charge in [-0.3, -0.25) is 9.59 Å². The quantitative estimate of drug-likeness (QED) is 0.735. The topological polar surface area (TPSA) is 76.7 Å². The van der Waals surface area contributed by atoms with E-state index in [4.69, 9.17) is 9.47 Å². The van der Waals surface area contributed by atoms with Gasteiger partial charge in [0.15, 0.2) is 0 Å². The van der Waals surface area contributed by atoms with E-state index < -0.39 is 0 Å². The van der Waals surface area contributed by atoms with E-state index in [0.717, 1.165) is 25.7 Å². The SMILES string of the molecule is C[C@H](CNC(=O)[C@@H]1CCCO1)NC(=O)[C@H]1CCCO1. The third kappa shape index (κ3) is 4.18. The highest BCUT2D eigenvalue weighted by Crippen LogP contribution is 2.12. The average Bonchev–Trinajstić information content (AvgIpc) is 3.07. The number of amides is 2. The molecule has 2 amide bonds. The average molecular weight is 270 g/mol. The van der Waals surface area contributed by atoms with Gasteiger partial charge in [-0.2, -0.15) is 0 Å². The normalized spacial score (nSPS) is 28.1. The number of ether oxygens (including phenoxy) is 2. The molecule has 108 valence electrons. The molecule has 2 heterocycles. The van der Waals surface area contributed by atoms with Crippen molar-refractivity contribution >= 4 is 11.8 Å². The van der Waals surface area contributed by atoms with Crippen LogP contribution in [-0.4, -0.2) is 49.8 Å². The summed E-state index contributed by atoms with van der Waals surface area (Å²) in [6.45, 7) is 3.59. The second-order valence-corrected chi connectivity index (χ2v) is 5.16. The van der Waals surface area contributed by atoms with Crippen molar-refractivity contribution in [3.8, 4) is 0 Å². The van der Waals surface area contributed by atoms with Crippen LogP contribution >= 0.6 is 0 Å². The van der Waals surface area contributed by atoms with E-state index in [9.17, 15) is 9.59 Å². The Kier molecular flexibility index (Phi) is 5.15. The monoisotopic (exact) mass is 270 g/mol. The molecule has 0 aromatic carbocycles. The third-order valence-corrected chi connectivity index (χ3v) is 3.42. The van der Waals surface area contributed by atoms with E-state index in [-0.39, 0.29) is 30.1 Å². The van der Waals surface area contributed by atoms with Crippen LogP contribution in [0.4, 0.5) is 0 Å². The zero-order chi connectivity index (χ0) is 13.7. The van der Waals surface area contributed by atoms with E-state index in [0.29, 0.717) is 19.8 Å². The molecule has 0 spiro atoms. The first-order valence-corrected chi connectivity index (χ1v) is 6.98. The van der Waals surface area contributed by atoms with Crippen LogP contribution in [0.1, 0.15) is 32.6 Å². The smallest absolute Gasteiger partial charge is 0.249 e. The molecule has 3 atom stereocenters. The molecule has 2 aliphatic rings. The van der Waals surface area contributed by atoms with Crippen LogP contribution < -0.4 is 10.6 Å². The maximum atomic E-state index is 11.8. The first kappa shape index (κ1) is 14.3. The fraction of sp³-hybridized carbons (Fsp3) is 0.846. The predicted octanol–water partition coefficient (Wildman–Crippen LogP) is -0.0347. The van der Waals surface area contributed by atoms with Crippen molar-refractivity contribution in [2.24, 2.45) is 0 Å². The maximum Gasteiger partial charge on any atom is 0.249 e. The van der Waals surface area contributed by atoms with Crippen LogP contribution in [0.3, 0.4) is 0 Å². The highest BCUT2D eigenvalue weighted by molar-refractivity contribution is 5.82. The highest BCUT2D eigenvalue weighted by Gasteiger charge is 2.26. The Morgan fingerprint density at radius 3 is 2.21 bits per heavy atom. The molecule has 2 aliphatic heterocycles. The number of nitrogens with one attached hydrogen (secondary N) is 2. The number of hydrogen-bond acceptors (Lipinski definition) is 4. The van der Waals surface area contributed by atoms with Gasteiger partial charge in [-0.25, -0.2) is 0 Å². The Morgan fingerprint density at radius 1 is 1.11 bits per heavy atom. The van der Waals surface area contributed by atoms with Gasteiger partial charge in [-0.1, -0.05) is 0 Å². The Morgan fingerprint density at radius 2 is 1.68 bits per heavy atom. The molecule has 0 aromatic heterocycles. The lowest BCUT2D eigenvalue weighted by atomic mass is 10.2. The second-order valence-electron chi connectivity index (χ2n) is 5.16. The molecule has 0 aliphatic carbocycles.